The predicted octanol–water partition coefficient (Wildman–Crippen LogP) is 2.09. The number of nitrogens with zero attached hydrogens (tertiary/aromatic N) is 5. The van der Waals surface area contributed by atoms with Crippen molar-refractivity contribution in [2.75, 3.05) is 46.3 Å². The molecule has 0 aromatic carbocycles. The molecule has 1 aromatic heterocycles. The van der Waals surface area contributed by atoms with Gasteiger partial charge >= 0.3 is 0 Å². The van der Waals surface area contributed by atoms with Gasteiger partial charge in [0.1, 0.15) is 0 Å². The second kappa shape index (κ2) is 12.8. The maximum absolute atomic E-state index is 12.6. The van der Waals surface area contributed by atoms with E-state index in [1.807, 2.05) is 18.8 Å². The Hall–Kier alpha value is -1.36. The minimum atomic E-state index is 0. The number of aromatic nitrogens is 2. The number of guanidine groups is 1. The summed E-state index contributed by atoms with van der Waals surface area (Å²) in [6, 6.07) is 0.262. The molecule has 0 spiro atoms. The summed E-state index contributed by atoms with van der Waals surface area (Å²) < 4.78 is 1.95. The molecule has 3 rings (SSSR count). The van der Waals surface area contributed by atoms with E-state index in [0.717, 1.165) is 70.2 Å². The van der Waals surface area contributed by atoms with Gasteiger partial charge in [0.15, 0.2) is 5.96 Å². The Morgan fingerprint density at radius 2 is 1.84 bits per heavy atom. The number of nitrogens with one attached hydrogen (secondary N) is 2. The number of hydrogen-bond acceptors (Lipinski definition) is 4. The average molecular weight is 560 g/mol. The first-order valence-corrected chi connectivity index (χ1v) is 11.9. The van der Waals surface area contributed by atoms with Crippen molar-refractivity contribution in [3.8, 4) is 0 Å². The van der Waals surface area contributed by atoms with Crippen molar-refractivity contribution in [2.24, 2.45) is 18.0 Å². The van der Waals surface area contributed by atoms with Gasteiger partial charge < -0.3 is 15.5 Å². The first kappa shape index (κ1) is 26.9. The molecule has 9 heteroatoms. The van der Waals surface area contributed by atoms with Crippen LogP contribution in [-0.2, 0) is 18.3 Å². The van der Waals surface area contributed by atoms with Crippen LogP contribution in [0.15, 0.2) is 4.99 Å². The number of hydrogen-bond donors (Lipinski definition) is 2. The molecule has 0 radical (unpaired) electrons. The maximum Gasteiger partial charge on any atom is 0.225 e. The molecule has 1 aromatic rings. The Morgan fingerprint density at radius 3 is 2.41 bits per heavy atom. The molecule has 2 fully saturated rings. The first-order chi connectivity index (χ1) is 14.9. The fraction of sp³-hybridized carbons (Fsp3) is 0.783. The molecule has 182 valence electrons. The zero-order valence-corrected chi connectivity index (χ0v) is 22.8. The molecule has 2 aliphatic rings. The van der Waals surface area contributed by atoms with Gasteiger partial charge in [-0.3, -0.25) is 19.4 Å². The Kier molecular flexibility index (Phi) is 10.7. The number of rotatable bonds is 7. The number of aryl methyl sites for hydroxylation is 2. The SMILES string of the molecule is CN=C(NCCN1CCN(C(=O)C2CCCC2)CC1)NC(C)Cc1c(C)nn(C)c1C.I. The summed E-state index contributed by atoms with van der Waals surface area (Å²) in [5.41, 5.74) is 3.63. The minimum absolute atomic E-state index is 0. The van der Waals surface area contributed by atoms with Crippen molar-refractivity contribution >= 4 is 35.8 Å². The molecule has 1 aliphatic carbocycles. The number of aliphatic imine (C=N–C) groups is 1. The molecule has 1 unspecified atom stereocenters. The highest BCUT2D eigenvalue weighted by molar-refractivity contribution is 14.0. The lowest BCUT2D eigenvalue weighted by Gasteiger charge is -2.36. The summed E-state index contributed by atoms with van der Waals surface area (Å²) >= 11 is 0. The third kappa shape index (κ3) is 7.07. The zero-order valence-electron chi connectivity index (χ0n) is 20.5. The van der Waals surface area contributed by atoms with Crippen LogP contribution in [0.2, 0.25) is 0 Å². The number of amides is 1. The van der Waals surface area contributed by atoms with Crippen molar-refractivity contribution in [1.29, 1.82) is 0 Å². The van der Waals surface area contributed by atoms with Crippen LogP contribution in [-0.4, -0.2) is 83.8 Å². The first-order valence-electron chi connectivity index (χ1n) is 11.9. The number of halogens is 1. The molecule has 1 aliphatic heterocycles. The predicted molar refractivity (Wildman–Crippen MR) is 141 cm³/mol. The van der Waals surface area contributed by atoms with Crippen molar-refractivity contribution < 1.29 is 4.79 Å². The van der Waals surface area contributed by atoms with Crippen LogP contribution < -0.4 is 10.6 Å². The second-order valence-electron chi connectivity index (χ2n) is 9.17. The highest BCUT2D eigenvalue weighted by Crippen LogP contribution is 2.26. The zero-order chi connectivity index (χ0) is 22.4. The fourth-order valence-electron chi connectivity index (χ4n) is 4.85. The van der Waals surface area contributed by atoms with Crippen molar-refractivity contribution in [3.63, 3.8) is 0 Å². The van der Waals surface area contributed by atoms with Gasteiger partial charge in [-0.15, -0.1) is 24.0 Å². The highest BCUT2D eigenvalue weighted by atomic mass is 127. The van der Waals surface area contributed by atoms with Crippen molar-refractivity contribution in [1.82, 2.24) is 30.2 Å². The van der Waals surface area contributed by atoms with Crippen LogP contribution in [0.4, 0.5) is 0 Å². The Balaban J connectivity index is 0.00000363. The monoisotopic (exact) mass is 559 g/mol. The molecule has 32 heavy (non-hydrogen) atoms. The number of carbonyl (C=O) groups excluding carboxylic acids is 1. The average Bonchev–Trinajstić information content (AvgIpc) is 3.38. The Morgan fingerprint density at radius 1 is 1.19 bits per heavy atom. The third-order valence-corrected chi connectivity index (χ3v) is 6.88. The normalized spacial score (nSPS) is 19.0. The molecule has 0 bridgehead atoms. The molecule has 1 saturated carbocycles. The molecular formula is C23H42IN7O. The summed E-state index contributed by atoms with van der Waals surface area (Å²) in [4.78, 5) is 21.5. The molecule has 1 saturated heterocycles. The van der Waals surface area contributed by atoms with Crippen molar-refractivity contribution in [2.45, 2.75) is 58.9 Å². The quantitative estimate of drug-likeness (QED) is 0.304. The topological polar surface area (TPSA) is 77.8 Å². The molecule has 8 nitrogen and oxygen atoms in total. The lowest BCUT2D eigenvalue weighted by atomic mass is 10.1. The van der Waals surface area contributed by atoms with Crippen LogP contribution in [0.3, 0.4) is 0 Å². The van der Waals surface area contributed by atoms with Crippen molar-refractivity contribution in [3.05, 3.63) is 17.0 Å². The maximum atomic E-state index is 12.6. The smallest absolute Gasteiger partial charge is 0.225 e. The van der Waals surface area contributed by atoms with Gasteiger partial charge in [0, 0.05) is 71.0 Å². The molecule has 2 heterocycles. The fourth-order valence-corrected chi connectivity index (χ4v) is 4.85. The van der Waals surface area contributed by atoms with E-state index in [9.17, 15) is 4.79 Å². The molecule has 2 N–H and O–H groups in total. The van der Waals surface area contributed by atoms with Crippen LogP contribution in [0.5, 0.6) is 0 Å². The number of carbonyl (C=O) groups is 1. The van der Waals surface area contributed by atoms with E-state index in [2.05, 4.69) is 51.3 Å². The van der Waals surface area contributed by atoms with Crippen LogP contribution in [0, 0.1) is 19.8 Å². The van der Waals surface area contributed by atoms with Crippen LogP contribution in [0.25, 0.3) is 0 Å². The van der Waals surface area contributed by atoms with Gasteiger partial charge in [0.05, 0.1) is 5.69 Å². The molecular weight excluding hydrogens is 517 g/mol. The van der Waals surface area contributed by atoms with Gasteiger partial charge in [0.2, 0.25) is 5.91 Å². The van der Waals surface area contributed by atoms with Gasteiger partial charge in [-0.2, -0.15) is 5.10 Å². The van der Waals surface area contributed by atoms with E-state index in [1.165, 1.54) is 24.1 Å². The van der Waals surface area contributed by atoms with Gasteiger partial charge in [-0.05, 0) is 45.6 Å². The third-order valence-electron chi connectivity index (χ3n) is 6.88. The molecule has 1 atom stereocenters. The largest absolute Gasteiger partial charge is 0.355 e. The summed E-state index contributed by atoms with van der Waals surface area (Å²) in [6.07, 6.45) is 5.54. The minimum Gasteiger partial charge on any atom is -0.355 e. The van der Waals surface area contributed by atoms with Gasteiger partial charge in [-0.1, -0.05) is 12.8 Å². The lowest BCUT2D eigenvalue weighted by molar-refractivity contribution is -0.137. The van der Waals surface area contributed by atoms with E-state index < -0.39 is 0 Å². The standard InChI is InChI=1S/C23H41N7O.HI/c1-17(16-21-18(2)27-28(5)19(21)3)26-23(24-4)25-10-11-29-12-14-30(15-13-29)22(31)20-8-6-7-9-20;/h17,20H,6-16H2,1-5H3,(H2,24,25,26);1H. The lowest BCUT2D eigenvalue weighted by Crippen LogP contribution is -2.52. The Bertz CT molecular complexity index is 765. The van der Waals surface area contributed by atoms with E-state index in [4.69, 9.17) is 0 Å². The van der Waals surface area contributed by atoms with E-state index in [0.29, 0.717) is 11.8 Å². The van der Waals surface area contributed by atoms with Gasteiger partial charge in [0.25, 0.3) is 0 Å². The van der Waals surface area contributed by atoms with Crippen LogP contribution >= 0.6 is 24.0 Å². The highest BCUT2D eigenvalue weighted by Gasteiger charge is 2.29. The van der Waals surface area contributed by atoms with Crippen LogP contribution in [0.1, 0.15) is 49.6 Å². The second-order valence-corrected chi connectivity index (χ2v) is 9.17. The number of piperazine rings is 1. The summed E-state index contributed by atoms with van der Waals surface area (Å²) in [7, 11) is 3.81. The van der Waals surface area contributed by atoms with E-state index in [-0.39, 0.29) is 30.0 Å². The summed E-state index contributed by atoms with van der Waals surface area (Å²) in [5, 5.41) is 11.5. The Labute approximate surface area is 210 Å². The summed E-state index contributed by atoms with van der Waals surface area (Å²) in [5.74, 6) is 1.53. The van der Waals surface area contributed by atoms with E-state index in [1.54, 1.807) is 0 Å². The summed E-state index contributed by atoms with van der Waals surface area (Å²) in [6.45, 7) is 11.8. The van der Waals surface area contributed by atoms with E-state index >= 15 is 0 Å². The van der Waals surface area contributed by atoms with Gasteiger partial charge in [-0.25, -0.2) is 0 Å². The molecule has 1 amide bonds.